The lowest BCUT2D eigenvalue weighted by Gasteiger charge is -2.04. The first-order valence-electron chi connectivity index (χ1n) is 7.62. The molecule has 3 aromatic rings. The van der Waals surface area contributed by atoms with Gasteiger partial charge >= 0.3 is 0 Å². The summed E-state index contributed by atoms with van der Waals surface area (Å²) in [7, 11) is 0. The Labute approximate surface area is 150 Å². The number of aromatic nitrogens is 2. The number of allylic oxidation sites excluding steroid dienone is 1. The Bertz CT molecular complexity index is 1080. The maximum atomic E-state index is 14.1. The number of aryl methyl sites for hydroxylation is 2. The molecule has 24 heavy (non-hydrogen) atoms. The van der Waals surface area contributed by atoms with E-state index in [1.807, 2.05) is 13.8 Å². The van der Waals surface area contributed by atoms with Gasteiger partial charge in [-0.25, -0.2) is 9.37 Å². The van der Waals surface area contributed by atoms with E-state index >= 15 is 0 Å². The molecule has 0 aliphatic carbocycles. The molecule has 6 heteroatoms. The minimum absolute atomic E-state index is 0.0107. The van der Waals surface area contributed by atoms with Crippen LogP contribution in [-0.4, -0.2) is 9.55 Å². The van der Waals surface area contributed by atoms with Gasteiger partial charge in [-0.2, -0.15) is 0 Å². The van der Waals surface area contributed by atoms with Crippen molar-refractivity contribution < 1.29 is 4.39 Å². The molecule has 3 nitrogen and oxygen atoms in total. The van der Waals surface area contributed by atoms with Crippen molar-refractivity contribution in [1.29, 1.82) is 0 Å². The van der Waals surface area contributed by atoms with E-state index in [0.29, 0.717) is 28.8 Å². The molecule has 4 rings (SSSR count). The number of fused-ring (bicyclic) bond motifs is 2. The molecule has 0 saturated carbocycles. The van der Waals surface area contributed by atoms with Crippen LogP contribution in [0.3, 0.4) is 0 Å². The number of hydrogen-bond acceptors (Lipinski definition) is 3. The molecule has 3 heterocycles. The first-order chi connectivity index (χ1) is 11.5. The van der Waals surface area contributed by atoms with E-state index in [4.69, 9.17) is 4.98 Å². The molecule has 0 fully saturated rings. The first kappa shape index (κ1) is 15.7. The highest BCUT2D eigenvalue weighted by Gasteiger charge is 2.23. The van der Waals surface area contributed by atoms with Crippen LogP contribution in [0.25, 0.3) is 21.9 Å². The van der Waals surface area contributed by atoms with Crippen LogP contribution in [0.15, 0.2) is 27.5 Å². The van der Waals surface area contributed by atoms with E-state index in [9.17, 15) is 9.18 Å². The molecule has 2 aromatic heterocycles. The molecule has 1 aromatic carbocycles. The molecule has 0 atom stereocenters. The fourth-order valence-electron chi connectivity index (χ4n) is 3.07. The summed E-state index contributed by atoms with van der Waals surface area (Å²) in [5.41, 5.74) is 2.43. The van der Waals surface area contributed by atoms with Crippen LogP contribution in [0.2, 0.25) is 0 Å². The van der Waals surface area contributed by atoms with Crippen molar-refractivity contribution in [2.45, 2.75) is 26.8 Å². The van der Waals surface area contributed by atoms with E-state index in [0.717, 1.165) is 26.2 Å². The van der Waals surface area contributed by atoms with Crippen LogP contribution < -0.4 is 5.56 Å². The molecule has 1 aliphatic rings. The lowest BCUT2D eigenvalue weighted by molar-refractivity contribution is 0.624. The smallest absolute Gasteiger partial charge is 0.262 e. The molecule has 0 radical (unpaired) electrons. The average Bonchev–Trinajstić information content (AvgIpc) is 3.05. The summed E-state index contributed by atoms with van der Waals surface area (Å²) in [6.45, 7) is 4.56. The highest BCUT2D eigenvalue weighted by atomic mass is 79.9. The summed E-state index contributed by atoms with van der Waals surface area (Å²) in [6.07, 6.45) is 2.49. The summed E-state index contributed by atoms with van der Waals surface area (Å²) in [4.78, 5) is 19.4. The first-order valence-corrected chi connectivity index (χ1v) is 9.23. The lowest BCUT2D eigenvalue weighted by atomic mass is 10.1. The molecule has 0 unspecified atom stereocenters. The molecule has 0 bridgehead atoms. The average molecular weight is 405 g/mol. The van der Waals surface area contributed by atoms with E-state index in [1.54, 1.807) is 34.1 Å². The third kappa shape index (κ3) is 2.36. The van der Waals surface area contributed by atoms with Crippen LogP contribution >= 0.6 is 27.3 Å². The minimum Gasteiger partial charge on any atom is -0.292 e. The molecular weight excluding hydrogens is 391 g/mol. The van der Waals surface area contributed by atoms with Crippen molar-refractivity contribution in [3.8, 4) is 0 Å². The van der Waals surface area contributed by atoms with Gasteiger partial charge in [-0.05, 0) is 49.6 Å². The monoisotopic (exact) mass is 404 g/mol. The van der Waals surface area contributed by atoms with Crippen LogP contribution in [0, 0.1) is 19.7 Å². The summed E-state index contributed by atoms with van der Waals surface area (Å²) in [6, 6.07) is 4.97. The fraction of sp³-hybridized carbons (Fsp3) is 0.222. The second-order valence-corrected chi connectivity index (χ2v) is 8.06. The Balaban J connectivity index is 1.91. The van der Waals surface area contributed by atoms with Crippen molar-refractivity contribution in [1.82, 2.24) is 9.55 Å². The maximum absolute atomic E-state index is 14.1. The van der Waals surface area contributed by atoms with Gasteiger partial charge in [0.1, 0.15) is 16.5 Å². The number of benzene rings is 1. The van der Waals surface area contributed by atoms with Gasteiger partial charge in [-0.1, -0.05) is 22.0 Å². The van der Waals surface area contributed by atoms with E-state index in [-0.39, 0.29) is 11.4 Å². The highest BCUT2D eigenvalue weighted by Crippen LogP contribution is 2.32. The maximum Gasteiger partial charge on any atom is 0.262 e. The summed E-state index contributed by atoms with van der Waals surface area (Å²) in [5, 5.41) is 0.720. The van der Waals surface area contributed by atoms with E-state index < -0.39 is 0 Å². The Hall–Kier alpha value is -1.79. The molecule has 1 aliphatic heterocycles. The van der Waals surface area contributed by atoms with Crippen molar-refractivity contribution in [2.24, 2.45) is 0 Å². The largest absolute Gasteiger partial charge is 0.292 e. The minimum atomic E-state index is -0.290. The molecule has 0 spiro atoms. The normalized spacial score (nSPS) is 15.4. The van der Waals surface area contributed by atoms with Gasteiger partial charge in [0.05, 0.1) is 5.39 Å². The topological polar surface area (TPSA) is 34.9 Å². The standard InChI is InChI=1S/C18H14BrFN2OS/c1-9-10(2)24-17-15(9)18(23)22-6-5-12(16(22)21-17)7-11-3-4-13(19)8-14(11)20/h3-4,7-8H,5-6H2,1-2H3/b12-7+. The quantitative estimate of drug-likeness (QED) is 0.576. The molecular formula is C18H14BrFN2OS. The van der Waals surface area contributed by atoms with Crippen LogP contribution in [-0.2, 0) is 6.54 Å². The SMILES string of the molecule is Cc1sc2nc3n(c(=O)c2c1C)CC/C3=C\c1ccc(Br)cc1F. The van der Waals surface area contributed by atoms with Crippen molar-refractivity contribution in [3.05, 3.63) is 60.7 Å². The molecule has 122 valence electrons. The number of thiophene rings is 1. The van der Waals surface area contributed by atoms with E-state index in [2.05, 4.69) is 15.9 Å². The van der Waals surface area contributed by atoms with Crippen molar-refractivity contribution >= 4 is 49.1 Å². The van der Waals surface area contributed by atoms with Gasteiger partial charge in [0.15, 0.2) is 0 Å². The summed E-state index contributed by atoms with van der Waals surface area (Å²) >= 11 is 4.80. The predicted octanol–water partition coefficient (Wildman–Crippen LogP) is 4.92. The number of rotatable bonds is 1. The van der Waals surface area contributed by atoms with Gasteiger partial charge in [0.25, 0.3) is 5.56 Å². The van der Waals surface area contributed by atoms with Crippen LogP contribution in [0.4, 0.5) is 4.39 Å². The number of halogens is 2. The lowest BCUT2D eigenvalue weighted by Crippen LogP contribution is -2.20. The zero-order valence-corrected chi connectivity index (χ0v) is 15.6. The second kappa shape index (κ2) is 5.63. The second-order valence-electron chi connectivity index (χ2n) is 5.94. The Kier molecular flexibility index (Phi) is 3.69. The Morgan fingerprint density at radius 1 is 1.38 bits per heavy atom. The fourth-order valence-corrected chi connectivity index (χ4v) is 4.42. The highest BCUT2D eigenvalue weighted by molar-refractivity contribution is 9.10. The van der Waals surface area contributed by atoms with Crippen LogP contribution in [0.1, 0.15) is 28.2 Å². The molecule has 0 N–H and O–H groups in total. The van der Waals surface area contributed by atoms with Gasteiger partial charge in [-0.3, -0.25) is 9.36 Å². The van der Waals surface area contributed by atoms with Gasteiger partial charge in [0.2, 0.25) is 0 Å². The summed E-state index contributed by atoms with van der Waals surface area (Å²) in [5.74, 6) is 0.373. The molecule has 0 saturated heterocycles. The zero-order chi connectivity index (χ0) is 17.0. The number of hydrogen-bond donors (Lipinski definition) is 0. The van der Waals surface area contributed by atoms with Crippen LogP contribution in [0.5, 0.6) is 0 Å². The van der Waals surface area contributed by atoms with Gasteiger partial charge in [0, 0.05) is 21.5 Å². The van der Waals surface area contributed by atoms with Gasteiger partial charge in [-0.15, -0.1) is 11.3 Å². The third-order valence-electron chi connectivity index (χ3n) is 4.47. The Morgan fingerprint density at radius 2 is 2.17 bits per heavy atom. The number of nitrogens with zero attached hydrogens (tertiary/aromatic N) is 2. The van der Waals surface area contributed by atoms with Crippen molar-refractivity contribution in [3.63, 3.8) is 0 Å². The predicted molar refractivity (Wildman–Crippen MR) is 99.9 cm³/mol. The molecule has 0 amide bonds. The zero-order valence-electron chi connectivity index (χ0n) is 13.2. The van der Waals surface area contributed by atoms with Crippen molar-refractivity contribution in [2.75, 3.05) is 0 Å². The van der Waals surface area contributed by atoms with E-state index in [1.165, 1.54) is 6.07 Å². The van der Waals surface area contributed by atoms with Gasteiger partial charge < -0.3 is 0 Å². The third-order valence-corrected chi connectivity index (χ3v) is 6.07. The summed E-state index contributed by atoms with van der Waals surface area (Å²) < 4.78 is 16.5. The Morgan fingerprint density at radius 3 is 2.92 bits per heavy atom.